The van der Waals surface area contributed by atoms with Gasteiger partial charge in [0.2, 0.25) is 0 Å². The predicted octanol–water partition coefficient (Wildman–Crippen LogP) is 2.89. The van der Waals surface area contributed by atoms with Crippen LogP contribution in [0.15, 0.2) is 10.7 Å². The van der Waals surface area contributed by atoms with Crippen LogP contribution in [0, 0.1) is 16.7 Å². The highest BCUT2D eigenvalue weighted by atomic mass is 79.9. The number of nitrogens with two attached hydrogens (primary N) is 1. The maximum Gasteiger partial charge on any atom is 0.0697 e. The molecule has 4 nitrogen and oxygen atoms in total. The average molecular weight is 343 g/mol. The van der Waals surface area contributed by atoms with Crippen molar-refractivity contribution in [3.05, 3.63) is 16.4 Å². The van der Waals surface area contributed by atoms with E-state index in [4.69, 9.17) is 5.73 Å². The molecular formula is C15H27BrN4. The molecule has 20 heavy (non-hydrogen) atoms. The summed E-state index contributed by atoms with van der Waals surface area (Å²) in [7, 11) is 4.15. The van der Waals surface area contributed by atoms with E-state index in [1.165, 1.54) is 0 Å². The van der Waals surface area contributed by atoms with Gasteiger partial charge in [-0.05, 0) is 46.8 Å². The van der Waals surface area contributed by atoms with Crippen LogP contribution in [-0.2, 0) is 6.54 Å². The van der Waals surface area contributed by atoms with E-state index in [-0.39, 0.29) is 16.9 Å². The molecule has 1 fully saturated rings. The fourth-order valence-electron chi connectivity index (χ4n) is 3.48. The Morgan fingerprint density at radius 3 is 2.35 bits per heavy atom. The first-order chi connectivity index (χ1) is 9.10. The highest BCUT2D eigenvalue weighted by molar-refractivity contribution is 9.10. The van der Waals surface area contributed by atoms with E-state index in [9.17, 15) is 0 Å². The van der Waals surface area contributed by atoms with Crippen molar-refractivity contribution < 1.29 is 0 Å². The normalized spacial score (nSPS) is 22.2. The topological polar surface area (TPSA) is 47.1 Å². The molecule has 114 valence electrons. The zero-order valence-corrected chi connectivity index (χ0v) is 15.0. The van der Waals surface area contributed by atoms with Crippen molar-refractivity contribution in [2.24, 2.45) is 22.5 Å². The van der Waals surface area contributed by atoms with Gasteiger partial charge in [-0.2, -0.15) is 5.10 Å². The second-order valence-electron chi connectivity index (χ2n) is 7.35. The van der Waals surface area contributed by atoms with Gasteiger partial charge in [0.05, 0.1) is 29.0 Å². The van der Waals surface area contributed by atoms with Crippen LogP contribution in [0.25, 0.3) is 0 Å². The molecule has 0 aromatic carbocycles. The number of likely N-dealkylation sites (N-methyl/N-ethyl adjacent to an activating group) is 1. The molecule has 0 spiro atoms. The minimum absolute atomic E-state index is 0.0269. The summed E-state index contributed by atoms with van der Waals surface area (Å²) in [4.78, 5) is 2.16. The second kappa shape index (κ2) is 5.11. The molecule has 2 rings (SSSR count). The third kappa shape index (κ3) is 2.44. The van der Waals surface area contributed by atoms with Crippen LogP contribution in [0.3, 0.4) is 0 Å². The summed E-state index contributed by atoms with van der Waals surface area (Å²) in [6.07, 6.45) is 1.87. The zero-order chi connectivity index (χ0) is 15.3. The molecule has 1 aromatic rings. The van der Waals surface area contributed by atoms with Gasteiger partial charge in [-0.15, -0.1) is 0 Å². The van der Waals surface area contributed by atoms with E-state index in [2.05, 4.69) is 72.4 Å². The summed E-state index contributed by atoms with van der Waals surface area (Å²) in [5.41, 5.74) is 8.29. The Bertz CT molecular complexity index is 476. The number of rotatable bonds is 5. The van der Waals surface area contributed by atoms with Crippen LogP contribution in [-0.4, -0.2) is 35.3 Å². The van der Waals surface area contributed by atoms with Gasteiger partial charge in [0.15, 0.2) is 0 Å². The van der Waals surface area contributed by atoms with Gasteiger partial charge in [0.1, 0.15) is 0 Å². The minimum atomic E-state index is 0.0269. The molecule has 1 heterocycles. The Balaban J connectivity index is 2.23. The highest BCUT2D eigenvalue weighted by Gasteiger charge is 2.67. The average Bonchev–Trinajstić information content (AvgIpc) is 2.59. The summed E-state index contributed by atoms with van der Waals surface area (Å²) in [6, 6.07) is 0.0269. The van der Waals surface area contributed by atoms with Crippen LogP contribution in [0.5, 0.6) is 0 Å². The van der Waals surface area contributed by atoms with Crippen LogP contribution in [0.2, 0.25) is 0 Å². The van der Waals surface area contributed by atoms with E-state index in [0.717, 1.165) is 23.3 Å². The van der Waals surface area contributed by atoms with Gasteiger partial charge >= 0.3 is 0 Å². The van der Waals surface area contributed by atoms with Crippen LogP contribution >= 0.6 is 15.9 Å². The smallest absolute Gasteiger partial charge is 0.0697 e. The van der Waals surface area contributed by atoms with Crippen molar-refractivity contribution >= 4 is 15.9 Å². The third-order valence-electron chi connectivity index (χ3n) is 5.40. The molecule has 0 radical (unpaired) electrons. The van der Waals surface area contributed by atoms with E-state index in [1.807, 2.05) is 6.20 Å². The molecule has 1 unspecified atom stereocenters. The lowest BCUT2D eigenvalue weighted by molar-refractivity contribution is 0.360. The lowest BCUT2D eigenvalue weighted by Gasteiger charge is -2.18. The summed E-state index contributed by atoms with van der Waals surface area (Å²) in [6.45, 7) is 11.1. The summed E-state index contributed by atoms with van der Waals surface area (Å²) >= 11 is 3.62. The SMILES string of the molecule is CN(C)CCn1ncc(Br)c1C(N)C1C(C)(C)C1(C)C. The quantitative estimate of drug-likeness (QED) is 0.894. The Morgan fingerprint density at radius 1 is 1.35 bits per heavy atom. The molecule has 0 amide bonds. The van der Waals surface area contributed by atoms with Gasteiger partial charge in [-0.3, -0.25) is 4.68 Å². The maximum absolute atomic E-state index is 6.60. The molecule has 1 saturated carbocycles. The Morgan fingerprint density at radius 2 is 1.90 bits per heavy atom. The fraction of sp³-hybridized carbons (Fsp3) is 0.800. The van der Waals surface area contributed by atoms with Gasteiger partial charge in [-0.1, -0.05) is 27.7 Å². The number of hydrogen-bond acceptors (Lipinski definition) is 3. The van der Waals surface area contributed by atoms with Gasteiger partial charge in [-0.25, -0.2) is 0 Å². The van der Waals surface area contributed by atoms with Crippen LogP contribution in [0.1, 0.15) is 39.4 Å². The van der Waals surface area contributed by atoms with Gasteiger partial charge in [0.25, 0.3) is 0 Å². The Labute approximate surface area is 130 Å². The number of halogens is 1. The van der Waals surface area contributed by atoms with Crippen molar-refractivity contribution in [2.75, 3.05) is 20.6 Å². The largest absolute Gasteiger partial charge is 0.322 e. The summed E-state index contributed by atoms with van der Waals surface area (Å²) in [5, 5.41) is 4.48. The Hall–Kier alpha value is -0.390. The standard InChI is InChI=1S/C15H27BrN4/c1-14(2)13(15(14,3)4)11(17)12-10(16)9-18-20(12)8-7-19(5)6/h9,11,13H,7-8,17H2,1-6H3. The molecule has 0 bridgehead atoms. The predicted molar refractivity (Wildman–Crippen MR) is 86.5 cm³/mol. The lowest BCUT2D eigenvalue weighted by atomic mass is 10.0. The number of nitrogens with zero attached hydrogens (tertiary/aromatic N) is 3. The first kappa shape index (κ1) is 16.0. The maximum atomic E-state index is 6.60. The molecule has 5 heteroatoms. The molecule has 0 saturated heterocycles. The molecule has 1 aliphatic carbocycles. The van der Waals surface area contributed by atoms with Crippen molar-refractivity contribution in [3.63, 3.8) is 0 Å². The second-order valence-corrected chi connectivity index (χ2v) is 8.21. The van der Waals surface area contributed by atoms with E-state index in [1.54, 1.807) is 0 Å². The van der Waals surface area contributed by atoms with E-state index >= 15 is 0 Å². The third-order valence-corrected chi connectivity index (χ3v) is 6.01. The van der Waals surface area contributed by atoms with Crippen molar-refractivity contribution in [3.8, 4) is 0 Å². The molecular weight excluding hydrogens is 316 g/mol. The summed E-state index contributed by atoms with van der Waals surface area (Å²) in [5.74, 6) is 0.487. The monoisotopic (exact) mass is 342 g/mol. The number of aromatic nitrogens is 2. The first-order valence-corrected chi connectivity index (χ1v) is 8.01. The van der Waals surface area contributed by atoms with Crippen molar-refractivity contribution in [1.82, 2.24) is 14.7 Å². The molecule has 1 atom stereocenters. The highest BCUT2D eigenvalue weighted by Crippen LogP contribution is 2.72. The summed E-state index contributed by atoms with van der Waals surface area (Å²) < 4.78 is 3.08. The Kier molecular flexibility index (Phi) is 4.08. The zero-order valence-electron chi connectivity index (χ0n) is 13.4. The van der Waals surface area contributed by atoms with Crippen molar-refractivity contribution in [1.29, 1.82) is 0 Å². The molecule has 1 aromatic heterocycles. The minimum Gasteiger partial charge on any atom is -0.322 e. The van der Waals surface area contributed by atoms with Crippen molar-refractivity contribution in [2.45, 2.75) is 40.3 Å². The van der Waals surface area contributed by atoms with E-state index in [0.29, 0.717) is 5.92 Å². The molecule has 1 aliphatic rings. The lowest BCUT2D eigenvalue weighted by Crippen LogP contribution is -2.25. The van der Waals surface area contributed by atoms with Crippen LogP contribution < -0.4 is 5.73 Å². The fourth-order valence-corrected chi connectivity index (χ4v) is 4.04. The van der Waals surface area contributed by atoms with Gasteiger partial charge < -0.3 is 10.6 Å². The van der Waals surface area contributed by atoms with E-state index < -0.39 is 0 Å². The molecule has 2 N–H and O–H groups in total. The van der Waals surface area contributed by atoms with Gasteiger partial charge in [0, 0.05) is 6.54 Å². The first-order valence-electron chi connectivity index (χ1n) is 7.22. The van der Waals surface area contributed by atoms with Crippen LogP contribution in [0.4, 0.5) is 0 Å². The number of hydrogen-bond donors (Lipinski definition) is 1. The molecule has 0 aliphatic heterocycles.